The number of nitrogens with zero attached hydrogens (tertiary/aromatic N) is 3. The van der Waals surface area contributed by atoms with Crippen LogP contribution in [0, 0.1) is 0 Å². The van der Waals surface area contributed by atoms with Crippen molar-refractivity contribution in [3.63, 3.8) is 0 Å². The Morgan fingerprint density at radius 1 is 1.22 bits per heavy atom. The highest BCUT2D eigenvalue weighted by atomic mass is 16.5. The molecule has 1 saturated carbocycles. The maximum Gasteiger partial charge on any atom is 0.272 e. The van der Waals surface area contributed by atoms with Crippen LogP contribution >= 0.6 is 0 Å². The lowest BCUT2D eigenvalue weighted by Crippen LogP contribution is -2.39. The van der Waals surface area contributed by atoms with Gasteiger partial charge in [0.2, 0.25) is 0 Å². The highest BCUT2D eigenvalue weighted by Gasteiger charge is 2.18. The summed E-state index contributed by atoms with van der Waals surface area (Å²) < 4.78 is 5.33. The minimum absolute atomic E-state index is 0.121. The summed E-state index contributed by atoms with van der Waals surface area (Å²) in [4.78, 5) is 14.4. The van der Waals surface area contributed by atoms with E-state index in [1.54, 1.807) is 6.07 Å². The molecule has 7 heteroatoms. The van der Waals surface area contributed by atoms with Gasteiger partial charge in [-0.3, -0.25) is 9.69 Å². The van der Waals surface area contributed by atoms with E-state index in [0.29, 0.717) is 17.6 Å². The minimum atomic E-state index is -0.121. The Labute approximate surface area is 136 Å². The van der Waals surface area contributed by atoms with Gasteiger partial charge >= 0.3 is 0 Å². The van der Waals surface area contributed by atoms with Crippen molar-refractivity contribution in [3.05, 3.63) is 17.8 Å². The van der Waals surface area contributed by atoms with E-state index in [1.807, 2.05) is 6.07 Å². The van der Waals surface area contributed by atoms with Crippen LogP contribution in [0.1, 0.15) is 36.2 Å². The van der Waals surface area contributed by atoms with Gasteiger partial charge in [-0.15, -0.1) is 10.2 Å². The largest absolute Gasteiger partial charge is 0.379 e. The molecule has 7 nitrogen and oxygen atoms in total. The average molecular weight is 319 g/mol. The first-order valence-corrected chi connectivity index (χ1v) is 8.50. The predicted octanol–water partition coefficient (Wildman–Crippen LogP) is 0.893. The lowest BCUT2D eigenvalue weighted by molar-refractivity contribution is 0.0398. The second kappa shape index (κ2) is 8.21. The molecule has 0 aromatic carbocycles. The van der Waals surface area contributed by atoms with Crippen LogP contribution in [0.3, 0.4) is 0 Å². The number of rotatable bonds is 6. The van der Waals surface area contributed by atoms with Crippen molar-refractivity contribution in [3.8, 4) is 0 Å². The Morgan fingerprint density at radius 2 is 2.00 bits per heavy atom. The number of hydrogen-bond donors (Lipinski definition) is 2. The van der Waals surface area contributed by atoms with Crippen LogP contribution in [-0.4, -0.2) is 66.4 Å². The number of anilines is 1. The first-order valence-electron chi connectivity index (χ1n) is 8.50. The normalized spacial score (nSPS) is 19.7. The molecule has 23 heavy (non-hydrogen) atoms. The Balaban J connectivity index is 1.41. The van der Waals surface area contributed by atoms with Gasteiger partial charge in [0, 0.05) is 32.2 Å². The van der Waals surface area contributed by atoms with Crippen LogP contribution in [0.25, 0.3) is 0 Å². The molecule has 0 spiro atoms. The Bertz CT molecular complexity index is 496. The molecular formula is C16H25N5O2. The quantitative estimate of drug-likeness (QED) is 0.811. The van der Waals surface area contributed by atoms with E-state index in [-0.39, 0.29) is 5.91 Å². The van der Waals surface area contributed by atoms with E-state index in [9.17, 15) is 4.79 Å². The molecule has 2 aliphatic rings. The van der Waals surface area contributed by atoms with Gasteiger partial charge in [0.25, 0.3) is 5.91 Å². The van der Waals surface area contributed by atoms with Crippen molar-refractivity contribution >= 4 is 11.7 Å². The summed E-state index contributed by atoms with van der Waals surface area (Å²) in [5.41, 5.74) is 0.385. The molecule has 126 valence electrons. The van der Waals surface area contributed by atoms with E-state index in [4.69, 9.17) is 4.74 Å². The third-order valence-corrected chi connectivity index (χ3v) is 4.43. The molecule has 3 rings (SSSR count). The first kappa shape index (κ1) is 16.1. The van der Waals surface area contributed by atoms with Crippen molar-refractivity contribution in [2.45, 2.75) is 31.7 Å². The molecule has 2 heterocycles. The lowest BCUT2D eigenvalue weighted by atomic mass is 10.2. The molecule has 0 bridgehead atoms. The van der Waals surface area contributed by atoms with Crippen LogP contribution in [-0.2, 0) is 4.74 Å². The maximum atomic E-state index is 12.1. The molecule has 1 aromatic rings. The smallest absolute Gasteiger partial charge is 0.272 e. The summed E-state index contributed by atoms with van der Waals surface area (Å²) in [5, 5.41) is 14.4. The lowest BCUT2D eigenvalue weighted by Gasteiger charge is -2.26. The van der Waals surface area contributed by atoms with Crippen LogP contribution in [0.2, 0.25) is 0 Å². The summed E-state index contributed by atoms with van der Waals surface area (Å²) in [7, 11) is 0. The van der Waals surface area contributed by atoms with Crippen LogP contribution in [0.5, 0.6) is 0 Å². The Hall–Kier alpha value is -1.73. The number of carbonyl (C=O) groups is 1. The average Bonchev–Trinajstić information content (AvgIpc) is 3.09. The Morgan fingerprint density at radius 3 is 2.70 bits per heavy atom. The van der Waals surface area contributed by atoms with Gasteiger partial charge in [-0.25, -0.2) is 0 Å². The second-order valence-electron chi connectivity index (χ2n) is 6.14. The van der Waals surface area contributed by atoms with Gasteiger partial charge in [0.1, 0.15) is 5.82 Å². The molecule has 1 amide bonds. The molecule has 0 unspecified atom stereocenters. The van der Waals surface area contributed by atoms with Gasteiger partial charge in [0.05, 0.1) is 13.2 Å². The summed E-state index contributed by atoms with van der Waals surface area (Å²) in [5.74, 6) is 0.583. The standard InChI is InChI=1S/C16H25N5O2/c22-16(18-13-3-1-2-4-13)14-5-6-15(20-19-14)17-7-8-21-9-11-23-12-10-21/h5-6,13H,1-4,7-12H2,(H,17,20)(H,18,22). The molecular weight excluding hydrogens is 294 g/mol. The zero-order chi connectivity index (χ0) is 15.9. The molecule has 2 fully saturated rings. The topological polar surface area (TPSA) is 79.4 Å². The zero-order valence-corrected chi connectivity index (χ0v) is 13.5. The number of carbonyl (C=O) groups excluding carboxylic acids is 1. The van der Waals surface area contributed by atoms with E-state index < -0.39 is 0 Å². The van der Waals surface area contributed by atoms with Crippen molar-refractivity contribution in [2.75, 3.05) is 44.7 Å². The Kier molecular flexibility index (Phi) is 5.76. The van der Waals surface area contributed by atoms with Crippen LogP contribution < -0.4 is 10.6 Å². The maximum absolute atomic E-state index is 12.1. The molecule has 0 atom stereocenters. The van der Waals surface area contributed by atoms with Crippen LogP contribution in [0.4, 0.5) is 5.82 Å². The minimum Gasteiger partial charge on any atom is -0.379 e. The molecule has 1 aliphatic carbocycles. The van der Waals surface area contributed by atoms with E-state index in [2.05, 4.69) is 25.7 Å². The van der Waals surface area contributed by atoms with E-state index >= 15 is 0 Å². The SMILES string of the molecule is O=C(NC1CCCC1)c1ccc(NCCN2CCOCC2)nn1. The number of nitrogens with one attached hydrogen (secondary N) is 2. The van der Waals surface area contributed by atoms with Crippen LogP contribution in [0.15, 0.2) is 12.1 Å². The molecule has 2 N–H and O–H groups in total. The highest BCUT2D eigenvalue weighted by molar-refractivity contribution is 5.92. The third-order valence-electron chi connectivity index (χ3n) is 4.43. The molecule has 1 aliphatic heterocycles. The molecule has 0 radical (unpaired) electrons. The first-order chi connectivity index (χ1) is 11.3. The summed E-state index contributed by atoms with van der Waals surface area (Å²) in [6.45, 7) is 5.34. The second-order valence-corrected chi connectivity index (χ2v) is 6.14. The van der Waals surface area contributed by atoms with E-state index in [1.165, 1.54) is 12.8 Å². The monoisotopic (exact) mass is 319 g/mol. The van der Waals surface area contributed by atoms with Crippen molar-refractivity contribution in [1.29, 1.82) is 0 Å². The number of hydrogen-bond acceptors (Lipinski definition) is 6. The zero-order valence-electron chi connectivity index (χ0n) is 13.5. The van der Waals surface area contributed by atoms with Gasteiger partial charge < -0.3 is 15.4 Å². The fourth-order valence-electron chi connectivity index (χ4n) is 3.04. The predicted molar refractivity (Wildman–Crippen MR) is 87.5 cm³/mol. The van der Waals surface area contributed by atoms with Crippen molar-refractivity contribution < 1.29 is 9.53 Å². The summed E-state index contributed by atoms with van der Waals surface area (Å²) >= 11 is 0. The van der Waals surface area contributed by atoms with Gasteiger partial charge in [-0.2, -0.15) is 0 Å². The summed E-state index contributed by atoms with van der Waals surface area (Å²) in [6, 6.07) is 3.85. The van der Waals surface area contributed by atoms with Crippen molar-refractivity contribution in [1.82, 2.24) is 20.4 Å². The van der Waals surface area contributed by atoms with Gasteiger partial charge in [-0.1, -0.05) is 12.8 Å². The summed E-state index contributed by atoms with van der Waals surface area (Å²) in [6.07, 6.45) is 4.53. The fraction of sp³-hybridized carbons (Fsp3) is 0.688. The fourth-order valence-corrected chi connectivity index (χ4v) is 3.04. The number of aromatic nitrogens is 2. The van der Waals surface area contributed by atoms with Gasteiger partial charge in [0.15, 0.2) is 5.69 Å². The molecule has 1 aromatic heterocycles. The van der Waals surface area contributed by atoms with E-state index in [0.717, 1.165) is 52.2 Å². The van der Waals surface area contributed by atoms with Crippen molar-refractivity contribution in [2.24, 2.45) is 0 Å². The van der Waals surface area contributed by atoms with Gasteiger partial charge in [-0.05, 0) is 25.0 Å². The number of morpholine rings is 1. The third kappa shape index (κ3) is 4.87. The number of ether oxygens (including phenoxy) is 1. The molecule has 1 saturated heterocycles. The highest BCUT2D eigenvalue weighted by Crippen LogP contribution is 2.17. The number of amides is 1.